The van der Waals surface area contributed by atoms with Gasteiger partial charge < -0.3 is 14.6 Å². The number of halogens is 2. The Kier molecular flexibility index (Phi) is 5.91. The van der Waals surface area contributed by atoms with Gasteiger partial charge in [-0.15, -0.1) is 0 Å². The molecule has 0 spiro atoms. The third-order valence-electron chi connectivity index (χ3n) is 2.82. The van der Waals surface area contributed by atoms with E-state index in [1.807, 2.05) is 37.3 Å². The van der Waals surface area contributed by atoms with Crippen molar-refractivity contribution in [3.05, 3.63) is 57.0 Å². The summed E-state index contributed by atoms with van der Waals surface area (Å²) in [5, 5.41) is 9.93. The van der Waals surface area contributed by atoms with Crippen LogP contribution in [-0.2, 0) is 13.2 Å². The molecule has 0 saturated heterocycles. The molecule has 2 rings (SSSR count). The standard InChI is InChI=1S/C16H16BrClO3/c1-2-20-15-8-12(9-19)7-14(17)16(15)21-10-11-4-3-5-13(18)6-11/h3-8,19H,2,9-10H2,1H3. The fraction of sp³-hybridized carbons (Fsp3) is 0.250. The zero-order valence-corrected chi connectivity index (χ0v) is 13.9. The van der Waals surface area contributed by atoms with Crippen LogP contribution in [0.4, 0.5) is 0 Å². The van der Waals surface area contributed by atoms with E-state index in [-0.39, 0.29) is 6.61 Å². The maximum absolute atomic E-state index is 9.25. The summed E-state index contributed by atoms with van der Waals surface area (Å²) >= 11 is 9.42. The molecule has 0 aliphatic carbocycles. The minimum Gasteiger partial charge on any atom is -0.490 e. The van der Waals surface area contributed by atoms with Crippen molar-refractivity contribution >= 4 is 27.5 Å². The monoisotopic (exact) mass is 370 g/mol. The maximum Gasteiger partial charge on any atom is 0.175 e. The smallest absolute Gasteiger partial charge is 0.175 e. The second-order valence-electron chi connectivity index (χ2n) is 4.41. The fourth-order valence-corrected chi connectivity index (χ4v) is 2.71. The normalized spacial score (nSPS) is 10.5. The van der Waals surface area contributed by atoms with Crippen molar-refractivity contribution < 1.29 is 14.6 Å². The fourth-order valence-electron chi connectivity index (χ4n) is 1.90. The van der Waals surface area contributed by atoms with E-state index >= 15 is 0 Å². The van der Waals surface area contributed by atoms with E-state index in [1.54, 1.807) is 6.07 Å². The highest BCUT2D eigenvalue weighted by atomic mass is 79.9. The Morgan fingerprint density at radius 3 is 2.62 bits per heavy atom. The van der Waals surface area contributed by atoms with Gasteiger partial charge in [-0.3, -0.25) is 0 Å². The molecule has 0 aromatic heterocycles. The van der Waals surface area contributed by atoms with E-state index in [4.69, 9.17) is 21.1 Å². The van der Waals surface area contributed by atoms with Crippen LogP contribution in [0.25, 0.3) is 0 Å². The lowest BCUT2D eigenvalue weighted by Gasteiger charge is -2.15. The lowest BCUT2D eigenvalue weighted by Crippen LogP contribution is -2.01. The molecule has 0 radical (unpaired) electrons. The number of ether oxygens (including phenoxy) is 2. The van der Waals surface area contributed by atoms with Gasteiger partial charge in [-0.05, 0) is 58.2 Å². The average Bonchev–Trinajstić information content (AvgIpc) is 2.46. The predicted molar refractivity (Wildman–Crippen MR) is 87.0 cm³/mol. The third-order valence-corrected chi connectivity index (χ3v) is 3.65. The molecule has 21 heavy (non-hydrogen) atoms. The first kappa shape index (κ1) is 16.1. The summed E-state index contributed by atoms with van der Waals surface area (Å²) < 4.78 is 12.2. The van der Waals surface area contributed by atoms with Crippen molar-refractivity contribution in [2.75, 3.05) is 6.61 Å². The number of rotatable bonds is 6. The van der Waals surface area contributed by atoms with Crippen LogP contribution in [0.3, 0.4) is 0 Å². The molecule has 2 aromatic rings. The van der Waals surface area contributed by atoms with E-state index in [0.717, 1.165) is 15.6 Å². The van der Waals surface area contributed by atoms with Crippen LogP contribution in [0.1, 0.15) is 18.1 Å². The van der Waals surface area contributed by atoms with Crippen LogP contribution in [0.15, 0.2) is 40.9 Å². The lowest BCUT2D eigenvalue weighted by molar-refractivity contribution is 0.262. The highest BCUT2D eigenvalue weighted by Crippen LogP contribution is 2.37. The van der Waals surface area contributed by atoms with Crippen molar-refractivity contribution in [1.29, 1.82) is 0 Å². The molecule has 0 aliphatic rings. The highest BCUT2D eigenvalue weighted by molar-refractivity contribution is 9.10. The van der Waals surface area contributed by atoms with Gasteiger partial charge in [-0.25, -0.2) is 0 Å². The lowest BCUT2D eigenvalue weighted by atomic mass is 10.2. The Morgan fingerprint density at radius 2 is 1.95 bits per heavy atom. The number of hydrogen-bond acceptors (Lipinski definition) is 3. The molecule has 0 amide bonds. The molecule has 0 fully saturated rings. The summed E-state index contributed by atoms with van der Waals surface area (Å²) in [6, 6.07) is 11.1. The molecule has 2 aromatic carbocycles. The Balaban J connectivity index is 2.22. The number of aliphatic hydroxyl groups excluding tert-OH is 1. The summed E-state index contributed by atoms with van der Waals surface area (Å²) in [6.45, 7) is 2.76. The first-order valence-corrected chi connectivity index (χ1v) is 7.74. The molecule has 0 unspecified atom stereocenters. The maximum atomic E-state index is 9.25. The predicted octanol–water partition coefficient (Wildman–Crippen LogP) is 4.57. The summed E-state index contributed by atoms with van der Waals surface area (Å²) in [5.74, 6) is 1.23. The van der Waals surface area contributed by atoms with Crippen LogP contribution in [0, 0.1) is 0 Å². The van der Waals surface area contributed by atoms with E-state index in [0.29, 0.717) is 29.7 Å². The minimum absolute atomic E-state index is 0.0484. The van der Waals surface area contributed by atoms with Gasteiger partial charge in [-0.2, -0.15) is 0 Å². The molecule has 0 atom stereocenters. The molecule has 3 nitrogen and oxygen atoms in total. The van der Waals surface area contributed by atoms with Crippen molar-refractivity contribution in [2.24, 2.45) is 0 Å². The Labute approximate surface area is 137 Å². The molecule has 112 valence electrons. The number of hydrogen-bond donors (Lipinski definition) is 1. The molecule has 0 aliphatic heterocycles. The second-order valence-corrected chi connectivity index (χ2v) is 5.71. The van der Waals surface area contributed by atoms with E-state index < -0.39 is 0 Å². The van der Waals surface area contributed by atoms with Crippen molar-refractivity contribution in [3.63, 3.8) is 0 Å². The van der Waals surface area contributed by atoms with E-state index in [2.05, 4.69) is 15.9 Å². The average molecular weight is 372 g/mol. The molecular formula is C16H16BrClO3. The topological polar surface area (TPSA) is 38.7 Å². The zero-order chi connectivity index (χ0) is 15.2. The number of aliphatic hydroxyl groups is 1. The van der Waals surface area contributed by atoms with Crippen LogP contribution < -0.4 is 9.47 Å². The Hall–Kier alpha value is -1.23. The molecule has 0 heterocycles. The van der Waals surface area contributed by atoms with E-state index in [9.17, 15) is 5.11 Å². The van der Waals surface area contributed by atoms with Gasteiger partial charge >= 0.3 is 0 Å². The summed E-state index contributed by atoms with van der Waals surface area (Å²) in [4.78, 5) is 0. The Morgan fingerprint density at radius 1 is 1.14 bits per heavy atom. The van der Waals surface area contributed by atoms with Crippen molar-refractivity contribution in [2.45, 2.75) is 20.1 Å². The molecule has 0 bridgehead atoms. The van der Waals surface area contributed by atoms with Gasteiger partial charge in [0.1, 0.15) is 6.61 Å². The zero-order valence-electron chi connectivity index (χ0n) is 11.6. The summed E-state index contributed by atoms with van der Waals surface area (Å²) in [7, 11) is 0. The van der Waals surface area contributed by atoms with Gasteiger partial charge in [0.15, 0.2) is 11.5 Å². The van der Waals surface area contributed by atoms with Gasteiger partial charge in [0.2, 0.25) is 0 Å². The molecule has 1 N–H and O–H groups in total. The largest absolute Gasteiger partial charge is 0.490 e. The Bertz CT molecular complexity index is 616. The molecular weight excluding hydrogens is 356 g/mol. The van der Waals surface area contributed by atoms with Gasteiger partial charge in [0.05, 0.1) is 17.7 Å². The second kappa shape index (κ2) is 7.69. The summed E-state index contributed by atoms with van der Waals surface area (Å²) in [5.41, 5.74) is 1.74. The first-order valence-electron chi connectivity index (χ1n) is 6.57. The van der Waals surface area contributed by atoms with Crippen LogP contribution in [0.5, 0.6) is 11.5 Å². The van der Waals surface area contributed by atoms with Crippen molar-refractivity contribution in [1.82, 2.24) is 0 Å². The van der Waals surface area contributed by atoms with Gasteiger partial charge in [-0.1, -0.05) is 23.7 Å². The van der Waals surface area contributed by atoms with Crippen molar-refractivity contribution in [3.8, 4) is 11.5 Å². The highest BCUT2D eigenvalue weighted by Gasteiger charge is 2.12. The van der Waals surface area contributed by atoms with Gasteiger partial charge in [0, 0.05) is 5.02 Å². The molecule has 0 saturated carbocycles. The SMILES string of the molecule is CCOc1cc(CO)cc(Br)c1OCc1cccc(Cl)c1. The quantitative estimate of drug-likeness (QED) is 0.808. The first-order chi connectivity index (χ1) is 10.1. The molecule has 5 heteroatoms. The van der Waals surface area contributed by atoms with E-state index in [1.165, 1.54) is 0 Å². The number of benzene rings is 2. The van der Waals surface area contributed by atoms with Crippen LogP contribution >= 0.6 is 27.5 Å². The summed E-state index contributed by atoms with van der Waals surface area (Å²) in [6.07, 6.45) is 0. The van der Waals surface area contributed by atoms with Gasteiger partial charge in [0.25, 0.3) is 0 Å². The minimum atomic E-state index is -0.0484. The van der Waals surface area contributed by atoms with Crippen LogP contribution in [0.2, 0.25) is 5.02 Å². The van der Waals surface area contributed by atoms with Crippen LogP contribution in [-0.4, -0.2) is 11.7 Å². The third kappa shape index (κ3) is 4.37.